The van der Waals surface area contributed by atoms with Crippen molar-refractivity contribution in [3.05, 3.63) is 22.8 Å². The molecule has 4 heteroatoms. The Bertz CT molecular complexity index is 349. The van der Waals surface area contributed by atoms with Crippen molar-refractivity contribution in [1.29, 1.82) is 0 Å². The maximum atomic E-state index is 9.13. The third kappa shape index (κ3) is 2.66. The van der Waals surface area contributed by atoms with Crippen LogP contribution in [-0.2, 0) is 6.61 Å². The van der Waals surface area contributed by atoms with Gasteiger partial charge in [0.15, 0.2) is 0 Å². The average molecular weight is 241 g/mol. The molecule has 2 rings (SSSR count). The molecule has 2 heterocycles. The molecule has 0 amide bonds. The molecule has 0 saturated carbocycles. The van der Waals surface area contributed by atoms with Crippen LogP contribution in [-0.4, -0.2) is 23.2 Å². The van der Waals surface area contributed by atoms with Crippen molar-refractivity contribution in [1.82, 2.24) is 4.98 Å². The van der Waals surface area contributed by atoms with E-state index in [1.807, 2.05) is 12.1 Å². The minimum absolute atomic E-state index is 0.0967. The van der Waals surface area contributed by atoms with Gasteiger partial charge in [0, 0.05) is 13.1 Å². The van der Waals surface area contributed by atoms with Crippen LogP contribution in [0.15, 0.2) is 12.1 Å². The Labute approximate surface area is 101 Å². The number of aliphatic hydroxyl groups is 1. The summed E-state index contributed by atoms with van der Waals surface area (Å²) in [5, 5.41) is 9.67. The number of halogens is 1. The highest BCUT2D eigenvalue weighted by atomic mass is 35.5. The molecule has 0 radical (unpaired) electrons. The fourth-order valence-corrected chi connectivity index (χ4v) is 2.22. The lowest BCUT2D eigenvalue weighted by atomic mass is 10.2. The van der Waals surface area contributed by atoms with E-state index < -0.39 is 0 Å². The lowest BCUT2D eigenvalue weighted by Crippen LogP contribution is -2.25. The van der Waals surface area contributed by atoms with Crippen LogP contribution < -0.4 is 4.90 Å². The summed E-state index contributed by atoms with van der Waals surface area (Å²) in [7, 11) is 0. The van der Waals surface area contributed by atoms with Crippen LogP contribution in [0.4, 0.5) is 5.82 Å². The minimum Gasteiger partial charge on any atom is -0.390 e. The third-order valence-corrected chi connectivity index (χ3v) is 3.33. The van der Waals surface area contributed by atoms with Gasteiger partial charge in [0.25, 0.3) is 0 Å². The number of hydrogen-bond donors (Lipinski definition) is 1. The molecule has 1 saturated heterocycles. The summed E-state index contributed by atoms with van der Waals surface area (Å²) in [6.07, 6.45) is 5.05. The second kappa shape index (κ2) is 5.51. The summed E-state index contributed by atoms with van der Waals surface area (Å²) in [4.78, 5) is 6.68. The molecule has 0 unspecified atom stereocenters. The van der Waals surface area contributed by atoms with E-state index in [1.54, 1.807) is 0 Å². The molecule has 1 N–H and O–H groups in total. The van der Waals surface area contributed by atoms with Crippen molar-refractivity contribution in [2.24, 2.45) is 0 Å². The van der Waals surface area contributed by atoms with E-state index >= 15 is 0 Å². The maximum Gasteiger partial charge on any atom is 0.129 e. The Morgan fingerprint density at radius 3 is 2.50 bits per heavy atom. The fraction of sp³-hybridized carbons (Fsp3) is 0.583. The topological polar surface area (TPSA) is 36.4 Å². The second-order valence-electron chi connectivity index (χ2n) is 4.16. The molecule has 16 heavy (non-hydrogen) atoms. The summed E-state index contributed by atoms with van der Waals surface area (Å²) in [5.41, 5.74) is 0.573. The Morgan fingerprint density at radius 1 is 1.19 bits per heavy atom. The highest BCUT2D eigenvalue weighted by Gasteiger charge is 2.12. The first-order valence-electron chi connectivity index (χ1n) is 5.82. The van der Waals surface area contributed by atoms with Gasteiger partial charge in [0.1, 0.15) is 5.82 Å². The van der Waals surface area contributed by atoms with Crippen molar-refractivity contribution < 1.29 is 5.11 Å². The van der Waals surface area contributed by atoms with Crippen LogP contribution in [0.25, 0.3) is 0 Å². The van der Waals surface area contributed by atoms with E-state index in [0.717, 1.165) is 18.9 Å². The number of aromatic nitrogens is 1. The molecule has 0 bridgehead atoms. The van der Waals surface area contributed by atoms with Gasteiger partial charge < -0.3 is 10.0 Å². The lowest BCUT2D eigenvalue weighted by Gasteiger charge is -2.21. The molecule has 3 nitrogen and oxygen atoms in total. The Balaban J connectivity index is 2.18. The average Bonchev–Trinajstić information content (AvgIpc) is 2.58. The van der Waals surface area contributed by atoms with E-state index in [9.17, 15) is 0 Å². The fourth-order valence-electron chi connectivity index (χ4n) is 2.06. The summed E-state index contributed by atoms with van der Waals surface area (Å²) in [5.74, 6) is 0.940. The number of nitrogens with zero attached hydrogens (tertiary/aromatic N) is 2. The van der Waals surface area contributed by atoms with Gasteiger partial charge in [-0.3, -0.25) is 0 Å². The van der Waals surface area contributed by atoms with Crippen LogP contribution in [0.5, 0.6) is 0 Å². The van der Waals surface area contributed by atoms with Gasteiger partial charge in [-0.2, -0.15) is 0 Å². The van der Waals surface area contributed by atoms with Gasteiger partial charge in [-0.05, 0) is 25.0 Å². The highest BCUT2D eigenvalue weighted by Crippen LogP contribution is 2.21. The van der Waals surface area contributed by atoms with Gasteiger partial charge in [-0.1, -0.05) is 24.4 Å². The standard InChI is InChI=1S/C12H17ClN2O/c13-10-5-6-12(14-11(10)9-16)15-7-3-1-2-4-8-15/h5-6,16H,1-4,7-9H2. The van der Waals surface area contributed by atoms with Crippen molar-refractivity contribution in [2.45, 2.75) is 32.3 Å². The SMILES string of the molecule is OCc1nc(N2CCCCCC2)ccc1Cl. The lowest BCUT2D eigenvalue weighted by molar-refractivity contribution is 0.277. The number of hydrogen-bond acceptors (Lipinski definition) is 3. The van der Waals surface area contributed by atoms with E-state index in [4.69, 9.17) is 16.7 Å². The third-order valence-electron chi connectivity index (χ3n) is 2.98. The molecule has 1 aliphatic rings. The van der Waals surface area contributed by atoms with Crippen LogP contribution >= 0.6 is 11.6 Å². The van der Waals surface area contributed by atoms with E-state index in [1.165, 1.54) is 25.7 Å². The van der Waals surface area contributed by atoms with Gasteiger partial charge >= 0.3 is 0 Å². The summed E-state index contributed by atoms with van der Waals surface area (Å²) >= 11 is 5.93. The number of rotatable bonds is 2. The molecule has 1 aromatic heterocycles. The number of anilines is 1. The van der Waals surface area contributed by atoms with Crippen molar-refractivity contribution in [3.63, 3.8) is 0 Å². The zero-order chi connectivity index (χ0) is 11.4. The Hall–Kier alpha value is -0.800. The van der Waals surface area contributed by atoms with Crippen LogP contribution in [0.2, 0.25) is 5.02 Å². The monoisotopic (exact) mass is 240 g/mol. The molecule has 1 fully saturated rings. The second-order valence-corrected chi connectivity index (χ2v) is 4.56. The maximum absolute atomic E-state index is 9.13. The molecule has 0 aliphatic carbocycles. The Morgan fingerprint density at radius 2 is 1.88 bits per heavy atom. The first-order chi connectivity index (χ1) is 7.81. The normalized spacial score (nSPS) is 17.2. The predicted octanol–water partition coefficient (Wildman–Crippen LogP) is 2.61. The molecule has 1 aliphatic heterocycles. The Kier molecular flexibility index (Phi) is 4.02. The van der Waals surface area contributed by atoms with E-state index in [0.29, 0.717) is 10.7 Å². The van der Waals surface area contributed by atoms with Crippen molar-refractivity contribution in [2.75, 3.05) is 18.0 Å². The van der Waals surface area contributed by atoms with Gasteiger partial charge in [0.2, 0.25) is 0 Å². The summed E-state index contributed by atoms with van der Waals surface area (Å²) in [6, 6.07) is 3.76. The smallest absolute Gasteiger partial charge is 0.129 e. The molecule has 1 aromatic rings. The molecule has 0 spiro atoms. The first kappa shape index (κ1) is 11.7. The molecule has 88 valence electrons. The van der Waals surface area contributed by atoms with Crippen LogP contribution in [0.3, 0.4) is 0 Å². The quantitative estimate of drug-likeness (QED) is 0.863. The number of aliphatic hydroxyl groups excluding tert-OH is 1. The molecule has 0 atom stereocenters. The predicted molar refractivity (Wildman–Crippen MR) is 65.9 cm³/mol. The van der Waals surface area contributed by atoms with Crippen molar-refractivity contribution >= 4 is 17.4 Å². The summed E-state index contributed by atoms with van der Waals surface area (Å²) < 4.78 is 0. The summed E-state index contributed by atoms with van der Waals surface area (Å²) in [6.45, 7) is 2.01. The largest absolute Gasteiger partial charge is 0.390 e. The molecule has 0 aromatic carbocycles. The van der Waals surface area contributed by atoms with Crippen LogP contribution in [0, 0.1) is 0 Å². The first-order valence-corrected chi connectivity index (χ1v) is 6.20. The van der Waals surface area contributed by atoms with E-state index in [2.05, 4.69) is 9.88 Å². The van der Waals surface area contributed by atoms with E-state index in [-0.39, 0.29) is 6.61 Å². The zero-order valence-corrected chi connectivity index (χ0v) is 10.1. The van der Waals surface area contributed by atoms with Gasteiger partial charge in [-0.15, -0.1) is 0 Å². The minimum atomic E-state index is -0.0967. The molecular weight excluding hydrogens is 224 g/mol. The zero-order valence-electron chi connectivity index (χ0n) is 9.32. The van der Waals surface area contributed by atoms with Crippen LogP contribution in [0.1, 0.15) is 31.4 Å². The highest BCUT2D eigenvalue weighted by molar-refractivity contribution is 6.31. The molecular formula is C12H17ClN2O. The van der Waals surface area contributed by atoms with Gasteiger partial charge in [0.05, 0.1) is 17.3 Å². The van der Waals surface area contributed by atoms with Gasteiger partial charge in [-0.25, -0.2) is 4.98 Å². The van der Waals surface area contributed by atoms with Crippen molar-refractivity contribution in [3.8, 4) is 0 Å². The number of pyridine rings is 1.